The van der Waals surface area contributed by atoms with Crippen LogP contribution in [-0.2, 0) is 9.59 Å². The zero-order valence-corrected chi connectivity index (χ0v) is 11.8. The van der Waals surface area contributed by atoms with Gasteiger partial charge in [-0.05, 0) is 0 Å². The largest absolute Gasteiger partial charge is 0.395 e. The Morgan fingerprint density at radius 3 is 2.10 bits per heavy atom. The highest BCUT2D eigenvalue weighted by Crippen LogP contribution is 2.04. The van der Waals surface area contributed by atoms with Crippen LogP contribution in [0.25, 0.3) is 0 Å². The normalized spacial score (nSPS) is 15.8. The molecule has 0 saturated carbocycles. The summed E-state index contributed by atoms with van der Waals surface area (Å²) in [5.41, 5.74) is 0. The van der Waals surface area contributed by atoms with Crippen molar-refractivity contribution in [2.24, 2.45) is 0 Å². The van der Waals surface area contributed by atoms with Gasteiger partial charge in [-0.25, -0.2) is 0 Å². The number of carbonyl (C=O) groups is 2. The maximum atomic E-state index is 12.2. The van der Waals surface area contributed by atoms with Crippen molar-refractivity contribution < 1.29 is 14.7 Å². The van der Waals surface area contributed by atoms with Crippen molar-refractivity contribution in [1.29, 1.82) is 0 Å². The SMILES string of the molecule is C=CCN(CC=C)C(=O)C(=O)N1CCN(CCO)CC1. The predicted molar refractivity (Wildman–Crippen MR) is 77.1 cm³/mol. The molecule has 1 heterocycles. The third-order valence-electron chi connectivity index (χ3n) is 3.24. The molecule has 0 unspecified atom stereocenters. The molecule has 1 saturated heterocycles. The molecule has 0 radical (unpaired) electrons. The molecule has 0 aromatic rings. The van der Waals surface area contributed by atoms with Crippen LogP contribution in [0, 0.1) is 0 Å². The number of piperazine rings is 1. The second-order valence-electron chi connectivity index (χ2n) is 4.64. The van der Waals surface area contributed by atoms with Gasteiger partial charge in [0, 0.05) is 45.8 Å². The Labute approximate surface area is 119 Å². The van der Waals surface area contributed by atoms with Crippen LogP contribution in [0.15, 0.2) is 25.3 Å². The highest BCUT2D eigenvalue weighted by molar-refractivity contribution is 6.35. The standard InChI is InChI=1S/C14H23N3O3/c1-3-5-16(6-4-2)13(19)14(20)17-9-7-15(8-10-17)11-12-18/h3-4,18H,1-2,5-12H2. The molecular formula is C14H23N3O3. The summed E-state index contributed by atoms with van der Waals surface area (Å²) in [7, 11) is 0. The maximum Gasteiger partial charge on any atom is 0.312 e. The van der Waals surface area contributed by atoms with Crippen LogP contribution < -0.4 is 0 Å². The first kappa shape index (κ1) is 16.4. The molecule has 1 aliphatic heterocycles. The number of β-amino-alcohol motifs (C(OH)–C–C–N with tert-alkyl or cyclic N) is 1. The monoisotopic (exact) mass is 281 g/mol. The van der Waals surface area contributed by atoms with E-state index in [2.05, 4.69) is 18.1 Å². The van der Waals surface area contributed by atoms with Crippen molar-refractivity contribution in [2.45, 2.75) is 0 Å². The number of aliphatic hydroxyl groups excluding tert-OH is 1. The molecule has 0 atom stereocenters. The van der Waals surface area contributed by atoms with Gasteiger partial charge >= 0.3 is 11.8 Å². The Morgan fingerprint density at radius 1 is 1.10 bits per heavy atom. The Bertz CT molecular complexity index is 353. The minimum Gasteiger partial charge on any atom is -0.395 e. The fourth-order valence-corrected chi connectivity index (χ4v) is 2.14. The molecule has 20 heavy (non-hydrogen) atoms. The average molecular weight is 281 g/mol. The molecule has 0 spiro atoms. The third kappa shape index (κ3) is 4.47. The number of amides is 2. The predicted octanol–water partition coefficient (Wildman–Crippen LogP) is -0.676. The third-order valence-corrected chi connectivity index (χ3v) is 3.24. The Kier molecular flexibility index (Phi) is 6.97. The summed E-state index contributed by atoms with van der Waals surface area (Å²) >= 11 is 0. The Hall–Kier alpha value is -1.66. The zero-order chi connectivity index (χ0) is 15.0. The number of carbonyl (C=O) groups excluding carboxylic acids is 2. The van der Waals surface area contributed by atoms with E-state index in [1.807, 2.05) is 0 Å². The van der Waals surface area contributed by atoms with E-state index in [1.165, 1.54) is 4.90 Å². The van der Waals surface area contributed by atoms with Gasteiger partial charge in [0.2, 0.25) is 0 Å². The Balaban J connectivity index is 2.54. The van der Waals surface area contributed by atoms with Crippen LogP contribution in [-0.4, -0.2) is 84.0 Å². The van der Waals surface area contributed by atoms with Gasteiger partial charge in [-0.15, -0.1) is 13.2 Å². The molecule has 6 heteroatoms. The van der Waals surface area contributed by atoms with Crippen molar-refractivity contribution in [1.82, 2.24) is 14.7 Å². The average Bonchev–Trinajstić information content (AvgIpc) is 2.47. The van der Waals surface area contributed by atoms with Crippen molar-refractivity contribution >= 4 is 11.8 Å². The number of nitrogens with zero attached hydrogens (tertiary/aromatic N) is 3. The van der Waals surface area contributed by atoms with Crippen molar-refractivity contribution in [3.8, 4) is 0 Å². The van der Waals surface area contributed by atoms with E-state index in [1.54, 1.807) is 17.1 Å². The summed E-state index contributed by atoms with van der Waals surface area (Å²) in [5, 5.41) is 8.87. The van der Waals surface area contributed by atoms with Gasteiger partial charge in [-0.1, -0.05) is 12.2 Å². The van der Waals surface area contributed by atoms with Crippen molar-refractivity contribution in [2.75, 3.05) is 52.4 Å². The lowest BCUT2D eigenvalue weighted by Gasteiger charge is -2.34. The van der Waals surface area contributed by atoms with E-state index in [9.17, 15) is 9.59 Å². The summed E-state index contributed by atoms with van der Waals surface area (Å²) in [6.45, 7) is 10.9. The molecule has 112 valence electrons. The number of hydrogen-bond donors (Lipinski definition) is 1. The van der Waals surface area contributed by atoms with Gasteiger partial charge in [0.15, 0.2) is 0 Å². The Morgan fingerprint density at radius 2 is 1.65 bits per heavy atom. The number of aliphatic hydroxyl groups is 1. The lowest BCUT2D eigenvalue weighted by Crippen LogP contribution is -2.53. The lowest BCUT2D eigenvalue weighted by atomic mass is 10.3. The highest BCUT2D eigenvalue weighted by Gasteiger charge is 2.28. The van der Waals surface area contributed by atoms with Gasteiger partial charge in [0.25, 0.3) is 0 Å². The first-order valence-electron chi connectivity index (χ1n) is 6.77. The van der Waals surface area contributed by atoms with Crippen molar-refractivity contribution in [3.05, 3.63) is 25.3 Å². The van der Waals surface area contributed by atoms with Crippen LogP contribution >= 0.6 is 0 Å². The van der Waals surface area contributed by atoms with Gasteiger partial charge in [-0.3, -0.25) is 14.5 Å². The lowest BCUT2D eigenvalue weighted by molar-refractivity contribution is -0.152. The fraction of sp³-hybridized carbons (Fsp3) is 0.571. The summed E-state index contributed by atoms with van der Waals surface area (Å²) in [4.78, 5) is 29.3. The van der Waals surface area contributed by atoms with E-state index >= 15 is 0 Å². The molecular weight excluding hydrogens is 258 g/mol. The number of rotatable bonds is 6. The van der Waals surface area contributed by atoms with Crippen LogP contribution in [0.3, 0.4) is 0 Å². The van der Waals surface area contributed by atoms with Crippen molar-refractivity contribution in [3.63, 3.8) is 0 Å². The molecule has 1 rings (SSSR count). The minimum atomic E-state index is -0.514. The van der Waals surface area contributed by atoms with Crippen LogP contribution in [0.4, 0.5) is 0 Å². The first-order valence-corrected chi connectivity index (χ1v) is 6.77. The molecule has 1 N–H and O–H groups in total. The van der Waals surface area contributed by atoms with Crippen LogP contribution in [0.5, 0.6) is 0 Å². The van der Waals surface area contributed by atoms with E-state index < -0.39 is 11.8 Å². The minimum absolute atomic E-state index is 0.110. The maximum absolute atomic E-state index is 12.2. The molecule has 1 fully saturated rings. The first-order chi connectivity index (χ1) is 9.63. The summed E-state index contributed by atoms with van der Waals surface area (Å²) in [6.07, 6.45) is 3.18. The molecule has 0 bridgehead atoms. The molecule has 2 amide bonds. The molecule has 6 nitrogen and oxygen atoms in total. The van der Waals surface area contributed by atoms with Crippen LogP contribution in [0.1, 0.15) is 0 Å². The smallest absolute Gasteiger partial charge is 0.312 e. The molecule has 0 aliphatic carbocycles. The fourth-order valence-electron chi connectivity index (χ4n) is 2.14. The summed E-state index contributed by atoms with van der Waals surface area (Å²) in [6, 6.07) is 0. The van der Waals surface area contributed by atoms with E-state index in [-0.39, 0.29) is 6.61 Å². The van der Waals surface area contributed by atoms with E-state index in [4.69, 9.17) is 5.11 Å². The second kappa shape index (κ2) is 8.50. The summed E-state index contributed by atoms with van der Waals surface area (Å²) in [5.74, 6) is -0.988. The molecule has 0 aromatic carbocycles. The van der Waals surface area contributed by atoms with Gasteiger partial charge in [0.05, 0.1) is 6.61 Å². The van der Waals surface area contributed by atoms with E-state index in [0.717, 1.165) is 0 Å². The molecule has 0 aromatic heterocycles. The second-order valence-corrected chi connectivity index (χ2v) is 4.64. The van der Waals surface area contributed by atoms with Gasteiger partial charge in [-0.2, -0.15) is 0 Å². The highest BCUT2D eigenvalue weighted by atomic mass is 16.3. The topological polar surface area (TPSA) is 64.1 Å². The van der Waals surface area contributed by atoms with Crippen LogP contribution in [0.2, 0.25) is 0 Å². The van der Waals surface area contributed by atoms with E-state index in [0.29, 0.717) is 45.8 Å². The number of hydrogen-bond acceptors (Lipinski definition) is 4. The van der Waals surface area contributed by atoms with Gasteiger partial charge < -0.3 is 14.9 Å². The quantitative estimate of drug-likeness (QED) is 0.518. The van der Waals surface area contributed by atoms with Gasteiger partial charge in [0.1, 0.15) is 0 Å². The molecule has 1 aliphatic rings. The zero-order valence-electron chi connectivity index (χ0n) is 11.8. The summed E-state index contributed by atoms with van der Waals surface area (Å²) < 4.78 is 0.